The van der Waals surface area contributed by atoms with E-state index in [9.17, 15) is 9.18 Å². The second-order valence-electron chi connectivity index (χ2n) is 8.26. The van der Waals surface area contributed by atoms with Crippen LogP contribution in [-0.4, -0.2) is 33.5 Å². The third-order valence-corrected chi connectivity index (χ3v) is 6.20. The highest BCUT2D eigenvalue weighted by atomic mass is 35.5. The molecule has 1 amide bonds. The molecular formula is C25H23ClFN5O. The van der Waals surface area contributed by atoms with E-state index in [0.717, 1.165) is 36.0 Å². The maximum Gasteiger partial charge on any atom is 0.229 e. The lowest BCUT2D eigenvalue weighted by atomic mass is 9.99. The van der Waals surface area contributed by atoms with Gasteiger partial charge in [-0.05, 0) is 61.3 Å². The molecule has 1 aliphatic heterocycles. The molecular weight excluding hydrogens is 441 g/mol. The first-order valence-corrected chi connectivity index (χ1v) is 11.3. The summed E-state index contributed by atoms with van der Waals surface area (Å²) in [4.78, 5) is 21.7. The van der Waals surface area contributed by atoms with Crippen molar-refractivity contribution in [2.24, 2.45) is 5.92 Å². The molecule has 1 unspecified atom stereocenters. The van der Waals surface area contributed by atoms with Crippen LogP contribution in [0, 0.1) is 11.7 Å². The Hall–Kier alpha value is -3.29. The Balaban J connectivity index is 1.43. The van der Waals surface area contributed by atoms with Gasteiger partial charge in [-0.25, -0.2) is 14.4 Å². The quantitative estimate of drug-likeness (QED) is 0.442. The number of fused-ring (bicyclic) bond motifs is 1. The van der Waals surface area contributed by atoms with Gasteiger partial charge in [0.05, 0.1) is 16.6 Å². The summed E-state index contributed by atoms with van der Waals surface area (Å²) in [6.07, 6.45) is 5.31. The Morgan fingerprint density at radius 3 is 2.97 bits per heavy atom. The predicted octanol–water partition coefficient (Wildman–Crippen LogP) is 4.88. The maximum atomic E-state index is 13.6. The molecule has 33 heavy (non-hydrogen) atoms. The predicted molar refractivity (Wildman–Crippen MR) is 128 cm³/mol. The van der Waals surface area contributed by atoms with Crippen LogP contribution in [0.3, 0.4) is 0 Å². The van der Waals surface area contributed by atoms with Crippen molar-refractivity contribution in [1.29, 1.82) is 0 Å². The van der Waals surface area contributed by atoms with Gasteiger partial charge in [0.1, 0.15) is 17.3 Å². The number of piperidine rings is 1. The summed E-state index contributed by atoms with van der Waals surface area (Å²) in [6, 6.07) is 14.1. The number of amides is 1. The maximum absolute atomic E-state index is 13.6. The molecule has 5 rings (SSSR count). The Bertz CT molecular complexity index is 1320. The molecule has 0 bridgehead atoms. The van der Waals surface area contributed by atoms with Gasteiger partial charge in [-0.1, -0.05) is 23.7 Å². The molecule has 0 radical (unpaired) electrons. The number of benzene rings is 1. The van der Waals surface area contributed by atoms with E-state index < -0.39 is 0 Å². The third-order valence-electron chi connectivity index (χ3n) is 5.90. The summed E-state index contributed by atoms with van der Waals surface area (Å²) < 4.78 is 15.6. The summed E-state index contributed by atoms with van der Waals surface area (Å²) in [5.41, 5.74) is 2.97. The second-order valence-corrected chi connectivity index (χ2v) is 8.67. The van der Waals surface area contributed by atoms with Crippen molar-refractivity contribution in [3.63, 3.8) is 0 Å². The lowest BCUT2D eigenvalue weighted by Gasteiger charge is -2.21. The van der Waals surface area contributed by atoms with E-state index in [1.807, 2.05) is 35.0 Å². The molecule has 0 spiro atoms. The van der Waals surface area contributed by atoms with Crippen molar-refractivity contribution >= 4 is 34.4 Å². The average Bonchev–Trinajstić information content (AvgIpc) is 3.23. The Morgan fingerprint density at radius 1 is 1.24 bits per heavy atom. The molecule has 1 aromatic carbocycles. The number of aromatic nitrogens is 3. The van der Waals surface area contributed by atoms with Gasteiger partial charge in [-0.3, -0.25) is 4.79 Å². The van der Waals surface area contributed by atoms with E-state index in [-0.39, 0.29) is 17.6 Å². The number of pyridine rings is 2. The van der Waals surface area contributed by atoms with Crippen LogP contribution < -0.4 is 10.6 Å². The van der Waals surface area contributed by atoms with Gasteiger partial charge in [0.25, 0.3) is 0 Å². The van der Waals surface area contributed by atoms with E-state index in [4.69, 9.17) is 16.6 Å². The standard InChI is InChI=1S/C25H23ClFN5O/c26-21-14-29-23(31-25(33)18-4-2-9-28-13-18)12-20(21)22-7-6-17-8-10-32(24(17)30-22)15-16-3-1-5-19(27)11-16/h1,3,5-8,10-12,14,18,28H,2,4,9,13,15H2,(H,29,31,33). The van der Waals surface area contributed by atoms with Crippen molar-refractivity contribution in [1.82, 2.24) is 19.9 Å². The summed E-state index contributed by atoms with van der Waals surface area (Å²) in [5.74, 6) is 0.0670. The van der Waals surface area contributed by atoms with Crippen LogP contribution in [0.2, 0.25) is 5.02 Å². The average molecular weight is 464 g/mol. The number of rotatable bonds is 5. The fraction of sp³-hybridized carbons (Fsp3) is 0.240. The van der Waals surface area contributed by atoms with E-state index in [2.05, 4.69) is 15.6 Å². The number of anilines is 1. The number of hydrogen-bond donors (Lipinski definition) is 2. The van der Waals surface area contributed by atoms with Crippen molar-refractivity contribution in [2.75, 3.05) is 18.4 Å². The Labute approximate surface area is 195 Å². The first-order chi connectivity index (χ1) is 16.1. The highest BCUT2D eigenvalue weighted by Gasteiger charge is 2.21. The fourth-order valence-electron chi connectivity index (χ4n) is 4.18. The van der Waals surface area contributed by atoms with Crippen LogP contribution in [-0.2, 0) is 11.3 Å². The summed E-state index contributed by atoms with van der Waals surface area (Å²) in [6.45, 7) is 2.12. The molecule has 4 aromatic rings. The topological polar surface area (TPSA) is 71.8 Å². The minimum absolute atomic E-state index is 0.0460. The minimum atomic E-state index is -0.264. The van der Waals surface area contributed by atoms with E-state index >= 15 is 0 Å². The zero-order valence-electron chi connectivity index (χ0n) is 17.9. The molecule has 6 nitrogen and oxygen atoms in total. The number of halogens is 2. The monoisotopic (exact) mass is 463 g/mol. The van der Waals surface area contributed by atoms with Crippen molar-refractivity contribution in [3.8, 4) is 11.3 Å². The van der Waals surface area contributed by atoms with Crippen molar-refractivity contribution in [2.45, 2.75) is 19.4 Å². The lowest BCUT2D eigenvalue weighted by Crippen LogP contribution is -2.37. The van der Waals surface area contributed by atoms with Crippen molar-refractivity contribution in [3.05, 3.63) is 77.3 Å². The molecule has 1 aliphatic rings. The fourth-order valence-corrected chi connectivity index (χ4v) is 4.38. The van der Waals surface area contributed by atoms with Crippen LogP contribution in [0.15, 0.2) is 60.9 Å². The molecule has 0 aliphatic carbocycles. The summed E-state index contributed by atoms with van der Waals surface area (Å²) in [7, 11) is 0. The number of carbonyl (C=O) groups is 1. The molecule has 0 saturated carbocycles. The Kier molecular flexibility index (Phi) is 6.07. The Morgan fingerprint density at radius 2 is 2.15 bits per heavy atom. The van der Waals surface area contributed by atoms with Crippen molar-refractivity contribution < 1.29 is 9.18 Å². The molecule has 168 valence electrons. The minimum Gasteiger partial charge on any atom is -0.328 e. The summed E-state index contributed by atoms with van der Waals surface area (Å²) in [5, 5.41) is 7.58. The molecule has 1 fully saturated rings. The van der Waals surface area contributed by atoms with Gasteiger partial charge >= 0.3 is 0 Å². The van der Waals surface area contributed by atoms with Gasteiger partial charge < -0.3 is 15.2 Å². The number of nitrogens with zero attached hydrogens (tertiary/aromatic N) is 3. The van der Waals surface area contributed by atoms with Crippen LogP contribution >= 0.6 is 11.6 Å². The number of nitrogens with one attached hydrogen (secondary N) is 2. The highest BCUT2D eigenvalue weighted by Crippen LogP contribution is 2.30. The van der Waals surface area contributed by atoms with Crippen LogP contribution in [0.25, 0.3) is 22.3 Å². The number of carbonyl (C=O) groups excluding carboxylic acids is 1. The van der Waals surface area contributed by atoms with Gasteiger partial charge in [0, 0.05) is 36.4 Å². The van der Waals surface area contributed by atoms with E-state index in [1.54, 1.807) is 12.1 Å². The molecule has 1 saturated heterocycles. The summed E-state index contributed by atoms with van der Waals surface area (Å²) >= 11 is 6.45. The zero-order chi connectivity index (χ0) is 22.8. The molecule has 2 N–H and O–H groups in total. The molecule has 1 atom stereocenters. The third kappa shape index (κ3) is 4.74. The van der Waals surface area contributed by atoms with Crippen LogP contribution in [0.5, 0.6) is 0 Å². The van der Waals surface area contributed by atoms with Gasteiger partial charge in [-0.2, -0.15) is 0 Å². The molecule has 8 heteroatoms. The normalized spacial score (nSPS) is 16.1. The largest absolute Gasteiger partial charge is 0.328 e. The first kappa shape index (κ1) is 21.6. The van der Waals surface area contributed by atoms with E-state index in [1.165, 1.54) is 18.3 Å². The zero-order valence-corrected chi connectivity index (χ0v) is 18.6. The van der Waals surface area contributed by atoms with Crippen LogP contribution in [0.4, 0.5) is 10.2 Å². The van der Waals surface area contributed by atoms with Gasteiger partial charge in [0.15, 0.2) is 0 Å². The van der Waals surface area contributed by atoms with Gasteiger partial charge in [0.2, 0.25) is 5.91 Å². The SMILES string of the molecule is O=C(Nc1cc(-c2ccc3ccn(Cc4cccc(F)c4)c3n2)c(Cl)cn1)C1CCCNC1. The van der Waals surface area contributed by atoms with Gasteiger partial charge in [-0.15, -0.1) is 0 Å². The van der Waals surface area contributed by atoms with E-state index in [0.29, 0.717) is 35.2 Å². The number of hydrogen-bond acceptors (Lipinski definition) is 4. The molecule has 3 aromatic heterocycles. The highest BCUT2D eigenvalue weighted by molar-refractivity contribution is 6.33. The second kappa shape index (κ2) is 9.29. The smallest absolute Gasteiger partial charge is 0.229 e. The first-order valence-electron chi connectivity index (χ1n) is 10.9. The van der Waals surface area contributed by atoms with Crippen LogP contribution in [0.1, 0.15) is 18.4 Å². The lowest BCUT2D eigenvalue weighted by molar-refractivity contribution is -0.120. The molecule has 4 heterocycles.